The van der Waals surface area contributed by atoms with Crippen molar-refractivity contribution in [3.63, 3.8) is 0 Å². The summed E-state index contributed by atoms with van der Waals surface area (Å²) >= 11 is 5.84. The number of hydrogen-bond donors (Lipinski definition) is 2. The topological polar surface area (TPSA) is 101 Å². The molecule has 0 saturated carbocycles. The van der Waals surface area contributed by atoms with Crippen LogP contribution in [0.3, 0.4) is 0 Å². The molecule has 0 fully saturated rings. The number of rotatable bonds is 3. The number of nitrogens with zero attached hydrogens (tertiary/aromatic N) is 2. The van der Waals surface area contributed by atoms with Crippen LogP contribution < -0.4 is 5.32 Å². The summed E-state index contributed by atoms with van der Waals surface area (Å²) in [6.07, 6.45) is 2.87. The van der Waals surface area contributed by atoms with Gasteiger partial charge in [0.25, 0.3) is 5.91 Å². The van der Waals surface area contributed by atoms with Crippen molar-refractivity contribution in [1.29, 1.82) is 0 Å². The summed E-state index contributed by atoms with van der Waals surface area (Å²) in [6, 6.07) is 4.05. The van der Waals surface area contributed by atoms with E-state index in [2.05, 4.69) is 15.3 Å². The van der Waals surface area contributed by atoms with Crippen LogP contribution in [0.25, 0.3) is 0 Å². The van der Waals surface area contributed by atoms with Gasteiger partial charge in [-0.15, -0.1) is 0 Å². The molecule has 0 saturated heterocycles. The van der Waals surface area contributed by atoms with Crippen LogP contribution in [0.1, 0.15) is 10.5 Å². The molecular formula is C10H7ClN4O3. The number of anilines is 1. The monoisotopic (exact) mass is 266 g/mol. The number of halogens is 1. The van der Waals surface area contributed by atoms with Crippen LogP contribution in [0.2, 0.25) is 5.02 Å². The Morgan fingerprint density at radius 2 is 2.22 bits per heavy atom. The quantitative estimate of drug-likeness (QED) is 0.657. The molecule has 0 radical (unpaired) electrons. The van der Waals surface area contributed by atoms with Crippen LogP contribution >= 0.6 is 11.6 Å². The second-order valence-corrected chi connectivity index (χ2v) is 3.73. The molecule has 1 amide bonds. The van der Waals surface area contributed by atoms with Crippen molar-refractivity contribution < 1.29 is 9.72 Å². The first-order valence-corrected chi connectivity index (χ1v) is 5.20. The van der Waals surface area contributed by atoms with Gasteiger partial charge in [-0.05, 0) is 17.1 Å². The number of amides is 1. The number of hydrogen-bond acceptors (Lipinski definition) is 4. The van der Waals surface area contributed by atoms with E-state index in [1.54, 1.807) is 0 Å². The summed E-state index contributed by atoms with van der Waals surface area (Å²) in [4.78, 5) is 27.8. The van der Waals surface area contributed by atoms with Gasteiger partial charge in [0.1, 0.15) is 0 Å². The third-order valence-corrected chi connectivity index (χ3v) is 2.46. The molecule has 0 aliphatic carbocycles. The highest BCUT2D eigenvalue weighted by atomic mass is 35.5. The van der Waals surface area contributed by atoms with E-state index in [0.29, 0.717) is 10.7 Å². The molecule has 0 spiro atoms. The van der Waals surface area contributed by atoms with E-state index < -0.39 is 10.8 Å². The number of aromatic amines is 1. The predicted molar refractivity (Wildman–Crippen MR) is 64.6 cm³/mol. The minimum Gasteiger partial charge on any atom is -0.358 e. The first-order chi connectivity index (χ1) is 8.58. The van der Waals surface area contributed by atoms with Gasteiger partial charge in [-0.1, -0.05) is 11.6 Å². The number of nitro groups is 1. The van der Waals surface area contributed by atoms with Gasteiger partial charge in [0.2, 0.25) is 0 Å². The van der Waals surface area contributed by atoms with E-state index >= 15 is 0 Å². The van der Waals surface area contributed by atoms with Crippen molar-refractivity contribution in [2.45, 2.75) is 0 Å². The third-order valence-electron chi connectivity index (χ3n) is 2.13. The third kappa shape index (κ3) is 2.46. The van der Waals surface area contributed by atoms with Gasteiger partial charge >= 0.3 is 5.82 Å². The molecule has 8 heteroatoms. The van der Waals surface area contributed by atoms with E-state index in [9.17, 15) is 14.9 Å². The first kappa shape index (κ1) is 12.1. The van der Waals surface area contributed by atoms with E-state index in [1.807, 2.05) is 0 Å². The zero-order valence-corrected chi connectivity index (χ0v) is 9.64. The molecule has 2 heterocycles. The van der Waals surface area contributed by atoms with E-state index in [-0.39, 0.29) is 11.5 Å². The molecule has 2 rings (SSSR count). The lowest BCUT2D eigenvalue weighted by Gasteiger charge is -2.03. The maximum Gasteiger partial charge on any atom is 0.321 e. The lowest BCUT2D eigenvalue weighted by Crippen LogP contribution is -2.12. The van der Waals surface area contributed by atoms with Crippen molar-refractivity contribution >= 4 is 29.0 Å². The molecule has 2 aromatic rings. The molecule has 0 unspecified atom stereocenters. The van der Waals surface area contributed by atoms with Crippen LogP contribution in [0.15, 0.2) is 30.6 Å². The Morgan fingerprint density at radius 1 is 1.44 bits per heavy atom. The van der Waals surface area contributed by atoms with Crippen molar-refractivity contribution in [2.75, 3.05) is 5.32 Å². The predicted octanol–water partition coefficient (Wildman–Crippen LogP) is 2.22. The van der Waals surface area contributed by atoms with Crippen LogP contribution in [-0.2, 0) is 0 Å². The zero-order valence-electron chi connectivity index (χ0n) is 8.88. The molecule has 2 N–H and O–H groups in total. The molecule has 0 aliphatic rings. The molecule has 18 heavy (non-hydrogen) atoms. The molecule has 0 atom stereocenters. The molecular weight excluding hydrogens is 260 g/mol. The number of pyridine rings is 1. The van der Waals surface area contributed by atoms with E-state index in [0.717, 1.165) is 0 Å². The number of aromatic nitrogens is 2. The summed E-state index contributed by atoms with van der Waals surface area (Å²) in [5.74, 6) is -0.782. The summed E-state index contributed by atoms with van der Waals surface area (Å²) in [6.45, 7) is 0. The van der Waals surface area contributed by atoms with Gasteiger partial charge in [0, 0.05) is 12.3 Å². The number of H-pyrrole nitrogens is 1. The normalized spacial score (nSPS) is 10.1. The van der Waals surface area contributed by atoms with E-state index in [4.69, 9.17) is 11.6 Å². The van der Waals surface area contributed by atoms with Crippen LogP contribution in [0.4, 0.5) is 11.5 Å². The number of carbonyl (C=O) groups excluding carboxylic acids is 1. The Morgan fingerprint density at radius 3 is 2.83 bits per heavy atom. The van der Waals surface area contributed by atoms with Crippen LogP contribution in [-0.4, -0.2) is 20.8 Å². The second-order valence-electron chi connectivity index (χ2n) is 3.32. The highest BCUT2D eigenvalue weighted by Crippen LogP contribution is 2.20. The lowest BCUT2D eigenvalue weighted by atomic mass is 10.3. The minimum absolute atomic E-state index is 0.0709. The zero-order chi connectivity index (χ0) is 13.1. The maximum absolute atomic E-state index is 11.8. The maximum atomic E-state index is 11.8. The average Bonchev–Trinajstić information content (AvgIpc) is 2.81. The largest absolute Gasteiger partial charge is 0.358 e. The average molecular weight is 267 g/mol. The van der Waals surface area contributed by atoms with Gasteiger partial charge in [0.05, 0.1) is 16.9 Å². The van der Waals surface area contributed by atoms with Gasteiger partial charge in [-0.2, -0.15) is 0 Å². The second kappa shape index (κ2) is 4.84. The van der Waals surface area contributed by atoms with Crippen LogP contribution in [0.5, 0.6) is 0 Å². The van der Waals surface area contributed by atoms with Gasteiger partial charge < -0.3 is 15.4 Å². The molecule has 2 aromatic heterocycles. The standard InChI is InChI=1S/C10H7ClN4O3/c11-6-3-4-12-5-8(6)14-10(16)7-1-2-9(13-7)15(17)18/h1-5,13H,(H,14,16). The van der Waals surface area contributed by atoms with Gasteiger partial charge in [-0.3, -0.25) is 9.78 Å². The number of carbonyl (C=O) groups is 1. The first-order valence-electron chi connectivity index (χ1n) is 4.82. The SMILES string of the molecule is O=C(Nc1cnccc1Cl)c1ccc([N+](=O)[O-])[nH]1. The summed E-state index contributed by atoms with van der Waals surface area (Å²) in [5, 5.41) is 13.3. The Labute approximate surface area is 106 Å². The fourth-order valence-corrected chi connectivity index (χ4v) is 1.43. The Bertz CT molecular complexity index is 611. The van der Waals surface area contributed by atoms with E-state index in [1.165, 1.54) is 30.6 Å². The van der Waals surface area contributed by atoms with Crippen molar-refractivity contribution in [2.24, 2.45) is 0 Å². The van der Waals surface area contributed by atoms with Crippen molar-refractivity contribution in [1.82, 2.24) is 9.97 Å². The minimum atomic E-state index is -0.617. The smallest absolute Gasteiger partial charge is 0.321 e. The molecule has 7 nitrogen and oxygen atoms in total. The molecule has 92 valence electrons. The summed E-state index contributed by atoms with van der Waals surface area (Å²) < 4.78 is 0. The highest BCUT2D eigenvalue weighted by Gasteiger charge is 2.16. The highest BCUT2D eigenvalue weighted by molar-refractivity contribution is 6.33. The fraction of sp³-hybridized carbons (Fsp3) is 0. The molecule has 0 aliphatic heterocycles. The van der Waals surface area contributed by atoms with Crippen molar-refractivity contribution in [3.05, 3.63) is 51.4 Å². The van der Waals surface area contributed by atoms with Gasteiger partial charge in [0.15, 0.2) is 5.69 Å². The summed E-state index contributed by atoms with van der Waals surface area (Å²) in [7, 11) is 0. The van der Waals surface area contributed by atoms with Gasteiger partial charge in [-0.25, -0.2) is 4.98 Å². The number of nitrogens with one attached hydrogen (secondary N) is 2. The lowest BCUT2D eigenvalue weighted by molar-refractivity contribution is -0.389. The molecule has 0 aromatic carbocycles. The summed E-state index contributed by atoms with van der Waals surface area (Å²) in [5.41, 5.74) is 0.406. The van der Waals surface area contributed by atoms with Crippen LogP contribution in [0, 0.1) is 10.1 Å². The Hall–Kier alpha value is -2.41. The molecule has 0 bridgehead atoms. The fourth-order valence-electron chi connectivity index (χ4n) is 1.28. The Balaban J connectivity index is 2.17. The van der Waals surface area contributed by atoms with Crippen molar-refractivity contribution in [3.8, 4) is 0 Å². The Kier molecular flexibility index (Phi) is 3.24.